The predicted molar refractivity (Wildman–Crippen MR) is 94.2 cm³/mol. The Labute approximate surface area is 145 Å². The van der Waals surface area contributed by atoms with E-state index < -0.39 is 0 Å². The monoisotopic (exact) mass is 328 g/mol. The molecule has 0 saturated heterocycles. The van der Waals surface area contributed by atoms with Crippen molar-refractivity contribution in [2.75, 3.05) is 20.3 Å². The first-order valence-electron chi connectivity index (χ1n) is 8.72. The summed E-state index contributed by atoms with van der Waals surface area (Å²) >= 11 is 0. The van der Waals surface area contributed by atoms with Gasteiger partial charge in [-0.3, -0.25) is 4.79 Å². The molecule has 0 atom stereocenters. The Bertz CT molecular complexity index is 577. The van der Waals surface area contributed by atoms with Crippen LogP contribution in [0.25, 0.3) is 0 Å². The summed E-state index contributed by atoms with van der Waals surface area (Å²) in [6.45, 7) is 6.30. The van der Waals surface area contributed by atoms with Crippen LogP contribution in [-0.2, 0) is 16.1 Å². The molecule has 0 spiro atoms. The third kappa shape index (κ3) is 5.07. The van der Waals surface area contributed by atoms with E-state index in [1.807, 2.05) is 17.0 Å². The van der Waals surface area contributed by atoms with Gasteiger partial charge >= 0.3 is 0 Å². The summed E-state index contributed by atoms with van der Waals surface area (Å²) in [6, 6.07) is 9.58. The van der Waals surface area contributed by atoms with Gasteiger partial charge in [-0.05, 0) is 48.8 Å². The molecule has 130 valence electrons. The molecule has 1 aromatic rings. The Morgan fingerprint density at radius 3 is 2.46 bits per heavy atom. The van der Waals surface area contributed by atoms with Gasteiger partial charge in [0.15, 0.2) is 0 Å². The van der Waals surface area contributed by atoms with Crippen molar-refractivity contribution in [2.24, 2.45) is 11.3 Å². The molecule has 0 N–H and O–H groups in total. The van der Waals surface area contributed by atoms with Crippen LogP contribution in [0.4, 0.5) is 0 Å². The predicted octanol–water partition coefficient (Wildman–Crippen LogP) is 3.75. The fraction of sp³-hybridized carbons (Fsp3) is 0.600. The molecule has 0 bridgehead atoms. The minimum atomic E-state index is 0.133. The largest absolute Gasteiger partial charge is 0.383 e. The van der Waals surface area contributed by atoms with E-state index in [0.29, 0.717) is 30.7 Å². The summed E-state index contributed by atoms with van der Waals surface area (Å²) in [4.78, 5) is 14.9. The van der Waals surface area contributed by atoms with Gasteiger partial charge in [-0.25, -0.2) is 0 Å². The number of hydrogen-bond acceptors (Lipinski definition) is 3. The lowest BCUT2D eigenvalue weighted by atomic mass is 9.73. The lowest BCUT2D eigenvalue weighted by Crippen LogP contribution is -2.40. The third-order valence-corrected chi connectivity index (χ3v) is 5.02. The molecule has 2 rings (SSSR count). The van der Waals surface area contributed by atoms with Gasteiger partial charge in [0.2, 0.25) is 5.91 Å². The summed E-state index contributed by atoms with van der Waals surface area (Å²) in [5.41, 5.74) is 2.05. The zero-order chi connectivity index (χ0) is 17.6. The molecule has 0 aromatic heterocycles. The van der Waals surface area contributed by atoms with E-state index in [0.717, 1.165) is 31.2 Å². The van der Waals surface area contributed by atoms with Gasteiger partial charge in [-0.2, -0.15) is 5.26 Å². The van der Waals surface area contributed by atoms with Crippen molar-refractivity contribution in [1.29, 1.82) is 5.26 Å². The quantitative estimate of drug-likeness (QED) is 0.799. The molecule has 1 aromatic carbocycles. The van der Waals surface area contributed by atoms with Crippen LogP contribution >= 0.6 is 0 Å². The Hall–Kier alpha value is -1.86. The number of hydrogen-bond donors (Lipinski definition) is 0. The van der Waals surface area contributed by atoms with E-state index in [1.54, 1.807) is 19.2 Å². The highest BCUT2D eigenvalue weighted by molar-refractivity contribution is 5.79. The van der Waals surface area contributed by atoms with E-state index in [9.17, 15) is 4.79 Å². The number of carbonyl (C=O) groups excluding carboxylic acids is 1. The normalized spacial score (nSPS) is 17.2. The summed E-state index contributed by atoms with van der Waals surface area (Å²) in [7, 11) is 1.66. The molecule has 0 radical (unpaired) electrons. The highest BCUT2D eigenvalue weighted by atomic mass is 16.5. The third-order valence-electron chi connectivity index (χ3n) is 5.02. The lowest BCUT2D eigenvalue weighted by Gasteiger charge is -2.36. The van der Waals surface area contributed by atoms with Crippen LogP contribution in [0.15, 0.2) is 24.3 Å². The molecular weight excluding hydrogens is 300 g/mol. The van der Waals surface area contributed by atoms with E-state index in [1.165, 1.54) is 0 Å². The molecule has 1 aliphatic rings. The van der Waals surface area contributed by atoms with Gasteiger partial charge in [0.05, 0.1) is 18.2 Å². The number of benzene rings is 1. The Morgan fingerprint density at radius 1 is 1.29 bits per heavy atom. The molecule has 1 saturated carbocycles. The average Bonchev–Trinajstić information content (AvgIpc) is 2.58. The number of ether oxygens (including phenoxy) is 1. The van der Waals surface area contributed by atoms with Crippen LogP contribution in [0.3, 0.4) is 0 Å². The Morgan fingerprint density at radius 2 is 1.92 bits per heavy atom. The first kappa shape index (κ1) is 18.5. The zero-order valence-corrected chi connectivity index (χ0v) is 15.0. The van der Waals surface area contributed by atoms with Gasteiger partial charge in [0.25, 0.3) is 0 Å². The van der Waals surface area contributed by atoms with E-state index in [4.69, 9.17) is 10.00 Å². The van der Waals surface area contributed by atoms with Crippen LogP contribution in [-0.4, -0.2) is 31.1 Å². The zero-order valence-electron chi connectivity index (χ0n) is 15.0. The second-order valence-corrected chi connectivity index (χ2v) is 7.50. The number of nitrogens with zero attached hydrogens (tertiary/aromatic N) is 2. The smallest absolute Gasteiger partial charge is 0.226 e. The van der Waals surface area contributed by atoms with Crippen LogP contribution in [0.5, 0.6) is 0 Å². The summed E-state index contributed by atoms with van der Waals surface area (Å²) < 4.78 is 5.18. The maximum atomic E-state index is 13.0. The molecule has 0 aliphatic heterocycles. The maximum absolute atomic E-state index is 13.0. The molecule has 1 fully saturated rings. The Kier molecular flexibility index (Phi) is 6.39. The van der Waals surface area contributed by atoms with Gasteiger partial charge < -0.3 is 9.64 Å². The maximum Gasteiger partial charge on any atom is 0.226 e. The fourth-order valence-corrected chi connectivity index (χ4v) is 3.28. The van der Waals surface area contributed by atoms with Gasteiger partial charge in [-0.1, -0.05) is 26.0 Å². The molecule has 1 aliphatic carbocycles. The number of methoxy groups -OCH3 is 1. The molecule has 1 amide bonds. The van der Waals surface area contributed by atoms with Crippen molar-refractivity contribution in [2.45, 2.75) is 46.1 Å². The van der Waals surface area contributed by atoms with Crippen LogP contribution in [0.2, 0.25) is 0 Å². The van der Waals surface area contributed by atoms with Crippen LogP contribution in [0.1, 0.15) is 50.7 Å². The Balaban J connectivity index is 2.03. The first-order chi connectivity index (χ1) is 11.4. The molecule has 0 heterocycles. The first-order valence-corrected chi connectivity index (χ1v) is 8.72. The average molecular weight is 328 g/mol. The number of amides is 1. The molecule has 24 heavy (non-hydrogen) atoms. The van der Waals surface area contributed by atoms with Crippen LogP contribution in [0, 0.1) is 22.7 Å². The topological polar surface area (TPSA) is 53.3 Å². The van der Waals surface area contributed by atoms with Gasteiger partial charge in [0, 0.05) is 26.1 Å². The van der Waals surface area contributed by atoms with Crippen molar-refractivity contribution >= 4 is 5.91 Å². The fourth-order valence-electron chi connectivity index (χ4n) is 3.28. The van der Waals surface area contributed by atoms with Crippen molar-refractivity contribution < 1.29 is 9.53 Å². The molecule has 4 nitrogen and oxygen atoms in total. The van der Waals surface area contributed by atoms with Crippen molar-refractivity contribution in [3.63, 3.8) is 0 Å². The lowest BCUT2D eigenvalue weighted by molar-refractivity contribution is -0.138. The van der Waals surface area contributed by atoms with E-state index >= 15 is 0 Å². The highest BCUT2D eigenvalue weighted by Gasteiger charge is 2.32. The summed E-state index contributed by atoms with van der Waals surface area (Å²) in [5, 5.41) is 8.90. The van der Waals surface area contributed by atoms with Gasteiger partial charge in [-0.15, -0.1) is 0 Å². The van der Waals surface area contributed by atoms with Crippen molar-refractivity contribution in [3.05, 3.63) is 35.4 Å². The SMILES string of the molecule is COCCN(Cc1ccc(C#N)cc1)C(=O)C1CCC(C)(C)CC1. The van der Waals surface area contributed by atoms with Crippen molar-refractivity contribution in [1.82, 2.24) is 4.90 Å². The molecule has 4 heteroatoms. The number of nitriles is 1. The van der Waals surface area contributed by atoms with Crippen LogP contribution < -0.4 is 0 Å². The highest BCUT2D eigenvalue weighted by Crippen LogP contribution is 2.38. The standard InChI is InChI=1S/C20H28N2O2/c1-20(2)10-8-18(9-11-20)19(23)22(12-13-24-3)15-17-6-4-16(14-21)5-7-17/h4-7,18H,8-13,15H2,1-3H3. The minimum absolute atomic E-state index is 0.133. The number of rotatable bonds is 6. The van der Waals surface area contributed by atoms with Gasteiger partial charge in [0.1, 0.15) is 0 Å². The minimum Gasteiger partial charge on any atom is -0.383 e. The summed E-state index contributed by atoms with van der Waals surface area (Å²) in [6.07, 6.45) is 4.17. The summed E-state index contributed by atoms with van der Waals surface area (Å²) in [5.74, 6) is 0.375. The van der Waals surface area contributed by atoms with E-state index in [-0.39, 0.29) is 11.8 Å². The second-order valence-electron chi connectivity index (χ2n) is 7.50. The van der Waals surface area contributed by atoms with Crippen molar-refractivity contribution in [3.8, 4) is 6.07 Å². The second kappa shape index (κ2) is 8.30. The van der Waals surface area contributed by atoms with E-state index in [2.05, 4.69) is 19.9 Å². The molecule has 0 unspecified atom stereocenters. The molecular formula is C20H28N2O2. The number of carbonyl (C=O) groups is 1.